The summed E-state index contributed by atoms with van der Waals surface area (Å²) in [7, 11) is 0. The molecule has 0 aliphatic carbocycles. The van der Waals surface area contributed by atoms with Crippen LogP contribution < -0.4 is 4.74 Å². The number of aromatic nitrogens is 1. The van der Waals surface area contributed by atoms with E-state index in [4.69, 9.17) is 10.8 Å². The van der Waals surface area contributed by atoms with E-state index in [0.717, 1.165) is 0 Å². The quantitative estimate of drug-likeness (QED) is 0.351. The summed E-state index contributed by atoms with van der Waals surface area (Å²) in [5.41, 5.74) is 5.95. The molecule has 1 unspecified atom stereocenters. The second-order valence-electron chi connectivity index (χ2n) is 4.05. The molecule has 1 heterocycles. The lowest BCUT2D eigenvalue weighted by Crippen LogP contribution is -2.35. The molecule has 0 saturated carbocycles. The van der Waals surface area contributed by atoms with Gasteiger partial charge in [-0.05, 0) is 24.1 Å². The monoisotopic (exact) mass is 339 g/mol. The van der Waals surface area contributed by atoms with Gasteiger partial charge < -0.3 is 4.74 Å². The molecule has 0 bridgehead atoms. The molecule has 0 radical (unpaired) electrons. The molecule has 6 nitrogen and oxygen atoms in total. The number of halogens is 6. The molecule has 0 aliphatic heterocycles. The zero-order valence-corrected chi connectivity index (χ0v) is 11.1. The minimum Gasteiger partial charge on any atom is -0.464 e. The van der Waals surface area contributed by atoms with E-state index in [2.05, 4.69) is 19.7 Å². The maximum absolute atomic E-state index is 12.8. The smallest absolute Gasteiger partial charge is 0.433 e. The van der Waals surface area contributed by atoms with Crippen molar-refractivity contribution in [2.24, 2.45) is 5.11 Å². The largest absolute Gasteiger partial charge is 0.464 e. The van der Waals surface area contributed by atoms with Crippen molar-refractivity contribution in [3.05, 3.63) is 33.8 Å². The standard InChI is InChI=1S/C11H7F6N5O/c12-10(13,14)7-2-1-6(5-18)9(21-7)23-8(11(15,16)17)3-4-20-22-19/h1-2,8H,3-4H2. The van der Waals surface area contributed by atoms with Gasteiger partial charge in [0.25, 0.3) is 0 Å². The van der Waals surface area contributed by atoms with Crippen LogP contribution in [0.5, 0.6) is 5.88 Å². The number of pyridine rings is 1. The molecule has 0 aliphatic rings. The summed E-state index contributed by atoms with van der Waals surface area (Å²) in [5, 5.41) is 11.6. The molecular formula is C11H7F6N5O. The van der Waals surface area contributed by atoms with Gasteiger partial charge in [-0.25, -0.2) is 4.98 Å². The Hall–Kier alpha value is -2.67. The Kier molecular flexibility index (Phi) is 5.64. The number of azide groups is 1. The van der Waals surface area contributed by atoms with E-state index in [0.29, 0.717) is 12.1 Å². The lowest BCUT2D eigenvalue weighted by atomic mass is 10.2. The highest BCUT2D eigenvalue weighted by Crippen LogP contribution is 2.32. The number of rotatable bonds is 5. The summed E-state index contributed by atoms with van der Waals surface area (Å²) in [5.74, 6) is -1.09. The molecule has 1 aromatic rings. The van der Waals surface area contributed by atoms with Crippen molar-refractivity contribution < 1.29 is 31.1 Å². The molecule has 23 heavy (non-hydrogen) atoms. The van der Waals surface area contributed by atoms with E-state index in [9.17, 15) is 26.3 Å². The van der Waals surface area contributed by atoms with Crippen LogP contribution >= 0.6 is 0 Å². The van der Waals surface area contributed by atoms with Crippen LogP contribution in [0.25, 0.3) is 10.4 Å². The van der Waals surface area contributed by atoms with Gasteiger partial charge in [-0.15, -0.1) is 0 Å². The number of alkyl halides is 6. The molecule has 0 fully saturated rings. The second-order valence-corrected chi connectivity index (χ2v) is 4.05. The molecule has 1 rings (SSSR count). The average Bonchev–Trinajstić information content (AvgIpc) is 2.44. The highest BCUT2D eigenvalue weighted by atomic mass is 19.4. The number of nitriles is 1. The predicted octanol–water partition coefficient (Wildman–Crippen LogP) is 3.98. The molecular weight excluding hydrogens is 332 g/mol. The predicted molar refractivity (Wildman–Crippen MR) is 63.1 cm³/mol. The van der Waals surface area contributed by atoms with Crippen molar-refractivity contribution in [2.45, 2.75) is 24.9 Å². The fourth-order valence-electron chi connectivity index (χ4n) is 1.42. The number of hydrogen-bond donors (Lipinski definition) is 0. The Bertz CT molecular complexity index is 644. The first-order valence-electron chi connectivity index (χ1n) is 5.82. The van der Waals surface area contributed by atoms with Gasteiger partial charge in [-0.2, -0.15) is 31.6 Å². The molecule has 0 spiro atoms. The van der Waals surface area contributed by atoms with Crippen LogP contribution in [0.4, 0.5) is 26.3 Å². The van der Waals surface area contributed by atoms with Crippen LogP contribution in [-0.4, -0.2) is 23.8 Å². The lowest BCUT2D eigenvalue weighted by molar-refractivity contribution is -0.197. The molecule has 0 N–H and O–H groups in total. The van der Waals surface area contributed by atoms with Crippen molar-refractivity contribution in [3.63, 3.8) is 0 Å². The highest BCUT2D eigenvalue weighted by molar-refractivity contribution is 5.39. The van der Waals surface area contributed by atoms with E-state index in [-0.39, 0.29) is 0 Å². The highest BCUT2D eigenvalue weighted by Gasteiger charge is 2.42. The van der Waals surface area contributed by atoms with Crippen molar-refractivity contribution >= 4 is 0 Å². The third kappa shape index (κ3) is 5.23. The molecule has 1 aromatic heterocycles. The molecule has 124 valence electrons. The molecule has 12 heteroatoms. The van der Waals surface area contributed by atoms with Gasteiger partial charge in [-0.3, -0.25) is 0 Å². The topological polar surface area (TPSA) is 94.7 Å². The summed E-state index contributed by atoms with van der Waals surface area (Å²) < 4.78 is 80.5. The van der Waals surface area contributed by atoms with Crippen molar-refractivity contribution in [2.75, 3.05) is 6.54 Å². The van der Waals surface area contributed by atoms with E-state index < -0.39 is 48.6 Å². The first-order valence-corrected chi connectivity index (χ1v) is 5.82. The molecule has 1 atom stereocenters. The van der Waals surface area contributed by atoms with Crippen molar-refractivity contribution in [3.8, 4) is 11.9 Å². The maximum atomic E-state index is 12.8. The van der Waals surface area contributed by atoms with Crippen molar-refractivity contribution in [1.29, 1.82) is 5.26 Å². The van der Waals surface area contributed by atoms with Gasteiger partial charge in [0.15, 0.2) is 6.10 Å². The fraction of sp³-hybridized carbons (Fsp3) is 0.455. The van der Waals surface area contributed by atoms with Crippen LogP contribution in [0.2, 0.25) is 0 Å². The molecule has 0 aromatic carbocycles. The second kappa shape index (κ2) is 7.06. The minimum absolute atomic E-state index is 0.452. The van der Waals surface area contributed by atoms with Gasteiger partial charge in [0.1, 0.15) is 17.3 Å². The summed E-state index contributed by atoms with van der Waals surface area (Å²) in [4.78, 5) is 5.19. The van der Waals surface area contributed by atoms with Crippen LogP contribution in [0.3, 0.4) is 0 Å². The minimum atomic E-state index is -4.95. The normalized spacial score (nSPS) is 12.9. The lowest BCUT2D eigenvalue weighted by Gasteiger charge is -2.21. The fourth-order valence-corrected chi connectivity index (χ4v) is 1.42. The Morgan fingerprint density at radius 1 is 1.30 bits per heavy atom. The zero-order chi connectivity index (χ0) is 17.7. The zero-order valence-electron chi connectivity index (χ0n) is 11.1. The summed E-state index contributed by atoms with van der Waals surface area (Å²) >= 11 is 0. The van der Waals surface area contributed by atoms with E-state index >= 15 is 0 Å². The van der Waals surface area contributed by atoms with Crippen molar-refractivity contribution in [1.82, 2.24) is 4.98 Å². The summed E-state index contributed by atoms with van der Waals surface area (Å²) in [6.07, 6.45) is -13.3. The van der Waals surface area contributed by atoms with Gasteiger partial charge in [0, 0.05) is 11.5 Å². The van der Waals surface area contributed by atoms with Gasteiger partial charge in [0.05, 0.1) is 0 Å². The Labute approximate surface area is 124 Å². The number of nitrogens with zero attached hydrogens (tertiary/aromatic N) is 5. The number of ether oxygens (including phenoxy) is 1. The first kappa shape index (κ1) is 18.4. The third-order valence-corrected chi connectivity index (χ3v) is 2.44. The average molecular weight is 339 g/mol. The van der Waals surface area contributed by atoms with E-state index in [1.165, 1.54) is 6.07 Å². The molecule has 0 saturated heterocycles. The van der Waals surface area contributed by atoms with E-state index in [1.54, 1.807) is 0 Å². The maximum Gasteiger partial charge on any atom is 0.433 e. The van der Waals surface area contributed by atoms with Gasteiger partial charge >= 0.3 is 12.4 Å². The van der Waals surface area contributed by atoms with Crippen LogP contribution in [0.1, 0.15) is 17.7 Å². The number of hydrogen-bond acceptors (Lipinski definition) is 4. The summed E-state index contributed by atoms with van der Waals surface area (Å²) in [6, 6.07) is 2.51. The Morgan fingerprint density at radius 3 is 2.43 bits per heavy atom. The van der Waals surface area contributed by atoms with Gasteiger partial charge in [-0.1, -0.05) is 5.11 Å². The Balaban J connectivity index is 3.15. The van der Waals surface area contributed by atoms with Crippen LogP contribution in [-0.2, 0) is 6.18 Å². The van der Waals surface area contributed by atoms with Gasteiger partial charge in [0.2, 0.25) is 5.88 Å². The molecule has 0 amide bonds. The summed E-state index contributed by atoms with van der Waals surface area (Å²) in [6.45, 7) is -0.596. The Morgan fingerprint density at radius 2 is 1.96 bits per heavy atom. The first-order chi connectivity index (χ1) is 10.6. The van der Waals surface area contributed by atoms with Crippen LogP contribution in [0.15, 0.2) is 17.2 Å². The third-order valence-electron chi connectivity index (χ3n) is 2.44. The van der Waals surface area contributed by atoms with E-state index in [1.807, 2.05) is 0 Å². The SMILES string of the molecule is N#Cc1ccc(C(F)(F)F)nc1OC(CCN=[N+]=[N-])C(F)(F)F. The van der Waals surface area contributed by atoms with Crippen LogP contribution in [0, 0.1) is 11.3 Å².